The van der Waals surface area contributed by atoms with Crippen LogP contribution in [0, 0.1) is 0 Å². The zero-order chi connectivity index (χ0) is 13.7. The molecule has 0 radical (unpaired) electrons. The smallest absolute Gasteiger partial charge is 0.119 e. The molecular weight excluding hydrogens is 240 g/mol. The van der Waals surface area contributed by atoms with Crippen molar-refractivity contribution >= 4 is 0 Å². The summed E-state index contributed by atoms with van der Waals surface area (Å²) in [7, 11) is 0. The third kappa shape index (κ3) is 3.73. The van der Waals surface area contributed by atoms with Crippen LogP contribution in [0.15, 0.2) is 48.5 Å². The monoisotopic (exact) mass is 258 g/mol. The number of phenols is 1. The second-order valence-electron chi connectivity index (χ2n) is 4.45. The van der Waals surface area contributed by atoms with Crippen molar-refractivity contribution in [3.8, 4) is 11.5 Å². The summed E-state index contributed by atoms with van der Waals surface area (Å²) >= 11 is 0. The molecule has 3 nitrogen and oxygen atoms in total. The molecule has 0 saturated carbocycles. The van der Waals surface area contributed by atoms with Gasteiger partial charge in [0.05, 0.1) is 6.10 Å². The number of aliphatic hydroxyl groups excluding tert-OH is 1. The molecule has 2 aromatic carbocycles. The van der Waals surface area contributed by atoms with Gasteiger partial charge in [0.1, 0.15) is 18.1 Å². The van der Waals surface area contributed by atoms with Crippen LogP contribution in [-0.2, 0) is 6.61 Å². The lowest BCUT2D eigenvalue weighted by molar-refractivity contribution is 0.173. The van der Waals surface area contributed by atoms with Crippen molar-refractivity contribution in [1.82, 2.24) is 0 Å². The molecule has 0 bridgehead atoms. The van der Waals surface area contributed by atoms with E-state index < -0.39 is 6.10 Å². The minimum absolute atomic E-state index is 0.238. The van der Waals surface area contributed by atoms with Crippen LogP contribution in [0.4, 0.5) is 0 Å². The lowest BCUT2D eigenvalue weighted by Crippen LogP contribution is -1.97. The first kappa shape index (κ1) is 13.4. The highest BCUT2D eigenvalue weighted by molar-refractivity contribution is 5.30. The minimum atomic E-state index is -0.417. The Bertz CT molecular complexity index is 520. The number of hydrogen-bond donors (Lipinski definition) is 2. The molecule has 0 aliphatic rings. The van der Waals surface area contributed by atoms with Crippen molar-refractivity contribution in [1.29, 1.82) is 0 Å². The highest BCUT2D eigenvalue weighted by Gasteiger charge is 2.04. The van der Waals surface area contributed by atoms with Crippen LogP contribution in [0.5, 0.6) is 11.5 Å². The highest BCUT2D eigenvalue weighted by Crippen LogP contribution is 2.21. The van der Waals surface area contributed by atoms with Crippen molar-refractivity contribution < 1.29 is 14.9 Å². The van der Waals surface area contributed by atoms with Crippen molar-refractivity contribution in [3.05, 3.63) is 59.7 Å². The molecule has 19 heavy (non-hydrogen) atoms. The normalized spacial score (nSPS) is 12.1. The molecule has 3 heteroatoms. The maximum Gasteiger partial charge on any atom is 0.119 e. The summed E-state index contributed by atoms with van der Waals surface area (Å²) < 4.78 is 5.62. The highest BCUT2D eigenvalue weighted by atomic mass is 16.5. The largest absolute Gasteiger partial charge is 0.508 e. The molecule has 1 atom stereocenters. The van der Waals surface area contributed by atoms with E-state index in [1.807, 2.05) is 37.3 Å². The Kier molecular flexibility index (Phi) is 4.42. The van der Waals surface area contributed by atoms with Crippen LogP contribution in [0.3, 0.4) is 0 Å². The molecule has 0 spiro atoms. The number of aliphatic hydroxyl groups is 1. The van der Waals surface area contributed by atoms with Crippen molar-refractivity contribution in [2.24, 2.45) is 0 Å². The molecule has 100 valence electrons. The predicted molar refractivity (Wildman–Crippen MR) is 74.1 cm³/mol. The van der Waals surface area contributed by atoms with E-state index in [4.69, 9.17) is 4.74 Å². The molecule has 0 aliphatic heterocycles. The van der Waals surface area contributed by atoms with Gasteiger partial charge in [-0.15, -0.1) is 0 Å². The van der Waals surface area contributed by atoms with E-state index in [9.17, 15) is 10.2 Å². The zero-order valence-corrected chi connectivity index (χ0v) is 10.9. The standard InChI is InChI=1S/C16H18O3/c1-2-16(18)13-6-8-15(9-7-13)19-11-12-4-3-5-14(17)10-12/h3-10,16-18H,2,11H2,1H3/t16-/m0/s1. The molecule has 2 N–H and O–H groups in total. The van der Waals surface area contributed by atoms with E-state index in [2.05, 4.69) is 0 Å². The van der Waals surface area contributed by atoms with E-state index in [1.165, 1.54) is 0 Å². The van der Waals surface area contributed by atoms with Crippen LogP contribution >= 0.6 is 0 Å². The number of ether oxygens (including phenoxy) is 1. The third-order valence-electron chi connectivity index (χ3n) is 2.97. The average molecular weight is 258 g/mol. The Labute approximate surface area is 113 Å². The van der Waals surface area contributed by atoms with Gasteiger partial charge in [0.2, 0.25) is 0 Å². The summed E-state index contributed by atoms with van der Waals surface area (Å²) in [5.41, 5.74) is 1.81. The summed E-state index contributed by atoms with van der Waals surface area (Å²) in [6.07, 6.45) is 0.281. The zero-order valence-electron chi connectivity index (χ0n) is 10.9. The fourth-order valence-electron chi connectivity index (χ4n) is 1.83. The van der Waals surface area contributed by atoms with Gasteiger partial charge in [0.25, 0.3) is 0 Å². The molecule has 0 aromatic heterocycles. The molecule has 0 amide bonds. The van der Waals surface area contributed by atoms with Gasteiger partial charge in [-0.3, -0.25) is 0 Å². The Morgan fingerprint density at radius 2 is 1.84 bits per heavy atom. The van der Waals surface area contributed by atoms with Crippen LogP contribution in [0.1, 0.15) is 30.6 Å². The summed E-state index contributed by atoms with van der Waals surface area (Å²) in [5, 5.41) is 19.0. The summed E-state index contributed by atoms with van der Waals surface area (Å²) in [6.45, 7) is 2.35. The summed E-state index contributed by atoms with van der Waals surface area (Å²) in [5.74, 6) is 0.984. The van der Waals surface area contributed by atoms with E-state index >= 15 is 0 Å². The topological polar surface area (TPSA) is 49.7 Å². The second-order valence-corrected chi connectivity index (χ2v) is 4.45. The van der Waals surface area contributed by atoms with E-state index in [0.29, 0.717) is 13.0 Å². The van der Waals surface area contributed by atoms with Gasteiger partial charge in [0.15, 0.2) is 0 Å². The average Bonchev–Trinajstić information content (AvgIpc) is 2.45. The lowest BCUT2D eigenvalue weighted by atomic mass is 10.1. The van der Waals surface area contributed by atoms with Crippen LogP contribution in [0.2, 0.25) is 0 Å². The molecule has 0 saturated heterocycles. The maximum atomic E-state index is 9.69. The molecular formula is C16H18O3. The maximum absolute atomic E-state index is 9.69. The molecule has 0 aliphatic carbocycles. The number of rotatable bonds is 5. The van der Waals surface area contributed by atoms with Crippen LogP contribution in [0.25, 0.3) is 0 Å². The number of benzene rings is 2. The second kappa shape index (κ2) is 6.25. The molecule has 0 heterocycles. The van der Waals surface area contributed by atoms with Gasteiger partial charge in [-0.25, -0.2) is 0 Å². The van der Waals surface area contributed by atoms with Crippen LogP contribution < -0.4 is 4.74 Å². The van der Waals surface area contributed by atoms with Gasteiger partial charge < -0.3 is 14.9 Å². The lowest BCUT2D eigenvalue weighted by Gasteiger charge is -2.10. The predicted octanol–water partition coefficient (Wildman–Crippen LogP) is 3.41. The number of aromatic hydroxyl groups is 1. The Morgan fingerprint density at radius 3 is 2.47 bits per heavy atom. The number of phenolic OH excluding ortho intramolecular Hbond substituents is 1. The first-order valence-corrected chi connectivity index (χ1v) is 6.37. The summed E-state index contributed by atoms with van der Waals surface area (Å²) in [4.78, 5) is 0. The van der Waals surface area contributed by atoms with E-state index in [1.54, 1.807) is 18.2 Å². The fraction of sp³-hybridized carbons (Fsp3) is 0.250. The first-order valence-electron chi connectivity index (χ1n) is 6.37. The molecule has 0 fully saturated rings. The van der Waals surface area contributed by atoms with Crippen molar-refractivity contribution in [3.63, 3.8) is 0 Å². The van der Waals surface area contributed by atoms with Gasteiger partial charge in [-0.1, -0.05) is 31.2 Å². The SMILES string of the molecule is CC[C@H](O)c1ccc(OCc2cccc(O)c2)cc1. The van der Waals surface area contributed by atoms with Gasteiger partial charge in [-0.05, 0) is 41.8 Å². The molecule has 2 aromatic rings. The number of hydrogen-bond acceptors (Lipinski definition) is 3. The summed E-state index contributed by atoms with van der Waals surface area (Å²) in [6, 6.07) is 14.4. The van der Waals surface area contributed by atoms with Crippen molar-refractivity contribution in [2.45, 2.75) is 26.1 Å². The van der Waals surface area contributed by atoms with E-state index in [0.717, 1.165) is 16.9 Å². The van der Waals surface area contributed by atoms with E-state index in [-0.39, 0.29) is 5.75 Å². The minimum Gasteiger partial charge on any atom is -0.508 e. The van der Waals surface area contributed by atoms with Crippen molar-refractivity contribution in [2.75, 3.05) is 0 Å². The van der Waals surface area contributed by atoms with Gasteiger partial charge >= 0.3 is 0 Å². The Balaban J connectivity index is 1.96. The van der Waals surface area contributed by atoms with Crippen LogP contribution in [-0.4, -0.2) is 10.2 Å². The first-order chi connectivity index (χ1) is 9.19. The Morgan fingerprint density at radius 1 is 1.11 bits per heavy atom. The molecule has 0 unspecified atom stereocenters. The van der Waals surface area contributed by atoms with Gasteiger partial charge in [0, 0.05) is 0 Å². The fourth-order valence-corrected chi connectivity index (χ4v) is 1.83. The third-order valence-corrected chi connectivity index (χ3v) is 2.97. The van der Waals surface area contributed by atoms with Gasteiger partial charge in [-0.2, -0.15) is 0 Å². The quantitative estimate of drug-likeness (QED) is 0.864. The Hall–Kier alpha value is -2.00. The molecule has 2 rings (SSSR count).